The summed E-state index contributed by atoms with van der Waals surface area (Å²) < 4.78 is 5.62. The van der Waals surface area contributed by atoms with Crippen molar-refractivity contribution in [3.05, 3.63) is 63.7 Å². The average molecular weight is 473 g/mol. The number of hydrogen-bond acceptors (Lipinski definition) is 4. The molecule has 33 heavy (non-hydrogen) atoms. The highest BCUT2D eigenvalue weighted by Gasteiger charge is 2.28. The summed E-state index contributed by atoms with van der Waals surface area (Å²) >= 11 is 6.38. The van der Waals surface area contributed by atoms with Crippen molar-refractivity contribution in [2.75, 3.05) is 39.2 Å². The second-order valence-corrected chi connectivity index (χ2v) is 9.21. The van der Waals surface area contributed by atoms with E-state index in [1.807, 2.05) is 63.2 Å². The number of ether oxygens (including phenoxy) is 1. The van der Waals surface area contributed by atoms with Crippen LogP contribution in [0.1, 0.15) is 40.9 Å². The van der Waals surface area contributed by atoms with E-state index < -0.39 is 0 Å². The lowest BCUT2D eigenvalue weighted by atomic mass is 10.1. The molecule has 1 heterocycles. The van der Waals surface area contributed by atoms with E-state index in [4.69, 9.17) is 16.3 Å². The van der Waals surface area contributed by atoms with E-state index in [0.29, 0.717) is 43.4 Å². The lowest BCUT2D eigenvalue weighted by Crippen LogP contribution is -2.30. The summed E-state index contributed by atoms with van der Waals surface area (Å²) in [7, 11) is 4.02. The number of fused-ring (bicyclic) bond motifs is 1. The van der Waals surface area contributed by atoms with Gasteiger partial charge in [0.25, 0.3) is 5.91 Å². The van der Waals surface area contributed by atoms with Crippen molar-refractivity contribution < 1.29 is 14.3 Å². The van der Waals surface area contributed by atoms with Gasteiger partial charge in [0, 0.05) is 41.9 Å². The van der Waals surface area contributed by atoms with Gasteiger partial charge in [-0.25, -0.2) is 4.79 Å². The van der Waals surface area contributed by atoms with Gasteiger partial charge in [0.05, 0.1) is 13.2 Å². The zero-order valence-corrected chi connectivity index (χ0v) is 20.5. The van der Waals surface area contributed by atoms with Gasteiger partial charge in [-0.3, -0.25) is 4.79 Å². The Labute approximate surface area is 201 Å². The molecule has 2 aromatic rings. The van der Waals surface area contributed by atoms with Crippen LogP contribution < -0.4 is 10.6 Å². The van der Waals surface area contributed by atoms with Crippen LogP contribution in [0.2, 0.25) is 5.02 Å². The third-order valence-electron chi connectivity index (χ3n) is 5.59. The number of anilines is 1. The van der Waals surface area contributed by atoms with E-state index in [1.165, 1.54) is 0 Å². The number of amides is 3. The van der Waals surface area contributed by atoms with Crippen LogP contribution >= 0.6 is 11.6 Å². The van der Waals surface area contributed by atoms with Gasteiger partial charge in [-0.15, -0.1) is 0 Å². The molecule has 7 nitrogen and oxygen atoms in total. The number of likely N-dealkylation sites (N-methyl/N-ethyl adjacent to an activating group) is 1. The van der Waals surface area contributed by atoms with Gasteiger partial charge in [0.15, 0.2) is 0 Å². The molecule has 0 aromatic heterocycles. The van der Waals surface area contributed by atoms with Gasteiger partial charge in [0.2, 0.25) is 0 Å². The highest BCUT2D eigenvalue weighted by Crippen LogP contribution is 2.26. The van der Waals surface area contributed by atoms with Crippen LogP contribution in [0.3, 0.4) is 0 Å². The molecule has 3 rings (SSSR count). The Hall–Kier alpha value is -2.61. The Kier molecular flexibility index (Phi) is 8.72. The number of nitrogens with zero attached hydrogens (tertiary/aromatic N) is 2. The predicted octanol–water partition coefficient (Wildman–Crippen LogP) is 4.15. The van der Waals surface area contributed by atoms with E-state index >= 15 is 0 Å². The Morgan fingerprint density at radius 3 is 2.67 bits per heavy atom. The number of halogens is 1. The summed E-state index contributed by atoms with van der Waals surface area (Å²) in [6.07, 6.45) is 0.716. The summed E-state index contributed by atoms with van der Waals surface area (Å²) in [6.45, 7) is 7.16. The molecule has 2 N–H and O–H groups in total. The Balaban J connectivity index is 1.47. The van der Waals surface area contributed by atoms with E-state index in [2.05, 4.69) is 15.5 Å². The number of hydrogen-bond donors (Lipinski definition) is 2. The molecule has 0 bridgehead atoms. The van der Waals surface area contributed by atoms with Crippen molar-refractivity contribution in [2.45, 2.75) is 39.4 Å². The second-order valence-electron chi connectivity index (χ2n) is 8.80. The van der Waals surface area contributed by atoms with Crippen molar-refractivity contribution in [1.29, 1.82) is 0 Å². The van der Waals surface area contributed by atoms with Crippen LogP contribution in [-0.4, -0.2) is 61.6 Å². The first-order valence-corrected chi connectivity index (χ1v) is 11.6. The van der Waals surface area contributed by atoms with Gasteiger partial charge in [-0.05, 0) is 69.3 Å². The lowest BCUT2D eigenvalue weighted by Gasteiger charge is -2.19. The zero-order valence-electron chi connectivity index (χ0n) is 19.8. The number of nitrogens with one attached hydrogen (secondary N) is 2. The fraction of sp³-hybridized carbons (Fsp3) is 0.440. The topological polar surface area (TPSA) is 73.9 Å². The Morgan fingerprint density at radius 2 is 1.97 bits per heavy atom. The fourth-order valence-electron chi connectivity index (χ4n) is 3.64. The molecule has 0 spiro atoms. The van der Waals surface area contributed by atoms with Crippen molar-refractivity contribution in [3.63, 3.8) is 0 Å². The lowest BCUT2D eigenvalue weighted by molar-refractivity contribution is 0.0730. The zero-order chi connectivity index (χ0) is 24.0. The van der Waals surface area contributed by atoms with E-state index in [1.54, 1.807) is 6.07 Å². The van der Waals surface area contributed by atoms with Crippen LogP contribution in [0.15, 0.2) is 36.4 Å². The van der Waals surface area contributed by atoms with Gasteiger partial charge in [-0.1, -0.05) is 29.8 Å². The maximum atomic E-state index is 12.4. The minimum absolute atomic E-state index is 0.0673. The average Bonchev–Trinajstić information content (AvgIpc) is 3.09. The summed E-state index contributed by atoms with van der Waals surface area (Å²) in [5.74, 6) is 0.0673. The van der Waals surface area contributed by atoms with E-state index in [9.17, 15) is 9.59 Å². The number of rotatable bonds is 10. The number of carbonyl (C=O) groups is 2. The maximum Gasteiger partial charge on any atom is 0.319 e. The first kappa shape index (κ1) is 25.0. The number of urea groups is 1. The Bertz CT molecular complexity index is 994. The molecule has 0 fully saturated rings. The van der Waals surface area contributed by atoms with Crippen molar-refractivity contribution in [2.24, 2.45) is 0 Å². The quantitative estimate of drug-likeness (QED) is 0.509. The van der Waals surface area contributed by atoms with Crippen LogP contribution in [0.25, 0.3) is 0 Å². The van der Waals surface area contributed by atoms with Crippen molar-refractivity contribution >= 4 is 29.2 Å². The largest absolute Gasteiger partial charge is 0.380 e. The van der Waals surface area contributed by atoms with Crippen LogP contribution in [0.4, 0.5) is 10.5 Å². The van der Waals surface area contributed by atoms with Crippen molar-refractivity contribution in [1.82, 2.24) is 15.1 Å². The van der Waals surface area contributed by atoms with Gasteiger partial charge >= 0.3 is 6.03 Å². The molecule has 0 unspecified atom stereocenters. The fourth-order valence-corrected chi connectivity index (χ4v) is 3.92. The van der Waals surface area contributed by atoms with Crippen LogP contribution in [-0.2, 0) is 24.2 Å². The van der Waals surface area contributed by atoms with E-state index in [0.717, 1.165) is 28.8 Å². The molecule has 8 heteroatoms. The van der Waals surface area contributed by atoms with Gasteiger partial charge in [-0.2, -0.15) is 0 Å². The molecule has 3 amide bonds. The molecule has 0 saturated heterocycles. The molecule has 1 aliphatic heterocycles. The molecule has 0 aliphatic carbocycles. The molecular formula is C25H33ClN4O3. The molecule has 178 valence electrons. The minimum atomic E-state index is -0.314. The molecule has 0 atom stereocenters. The summed E-state index contributed by atoms with van der Waals surface area (Å²) in [5.41, 5.74) is 4.30. The molecular weight excluding hydrogens is 440 g/mol. The highest BCUT2D eigenvalue weighted by molar-refractivity contribution is 6.31. The molecule has 0 radical (unpaired) electrons. The third-order valence-corrected chi connectivity index (χ3v) is 5.94. The van der Waals surface area contributed by atoms with E-state index in [-0.39, 0.29) is 18.0 Å². The smallest absolute Gasteiger partial charge is 0.319 e. The summed E-state index contributed by atoms with van der Waals surface area (Å²) in [6, 6.07) is 11.1. The predicted molar refractivity (Wildman–Crippen MR) is 132 cm³/mol. The van der Waals surface area contributed by atoms with Crippen molar-refractivity contribution in [3.8, 4) is 0 Å². The SMILES string of the molecule is CC(C)N1Cc2cc(CNC(=O)Nc3ccc(CCOCCN(C)C)c(Cl)c3)ccc2C1=O. The highest BCUT2D eigenvalue weighted by atomic mass is 35.5. The van der Waals surface area contributed by atoms with Crippen LogP contribution in [0, 0.1) is 0 Å². The second kappa shape index (κ2) is 11.5. The standard InChI is InChI=1S/C25H33ClN4O3/c1-17(2)30-16-20-13-18(5-8-22(20)24(30)31)15-27-25(32)28-21-7-6-19(23(26)14-21)9-11-33-12-10-29(3)4/h5-8,13-14,17H,9-12,15-16H2,1-4H3,(H2,27,28,32). The number of benzene rings is 2. The summed E-state index contributed by atoms with van der Waals surface area (Å²) in [5, 5.41) is 6.28. The van der Waals surface area contributed by atoms with Gasteiger partial charge < -0.3 is 25.2 Å². The molecule has 1 aliphatic rings. The maximum absolute atomic E-state index is 12.4. The minimum Gasteiger partial charge on any atom is -0.380 e. The first-order chi connectivity index (χ1) is 15.7. The monoisotopic (exact) mass is 472 g/mol. The first-order valence-electron chi connectivity index (χ1n) is 11.2. The Morgan fingerprint density at radius 1 is 1.18 bits per heavy atom. The van der Waals surface area contributed by atoms with Gasteiger partial charge in [0.1, 0.15) is 0 Å². The summed E-state index contributed by atoms with van der Waals surface area (Å²) in [4.78, 5) is 28.7. The molecule has 2 aromatic carbocycles. The molecule has 0 saturated carbocycles. The normalized spacial score (nSPS) is 13.1. The number of carbonyl (C=O) groups excluding carboxylic acids is 2. The third kappa shape index (κ3) is 6.93. The van der Waals surface area contributed by atoms with Crippen LogP contribution in [0.5, 0.6) is 0 Å².